The molecule has 0 saturated heterocycles. The molecule has 0 heterocycles. The Morgan fingerprint density at radius 3 is 2.70 bits per heavy atom. The van der Waals surface area contributed by atoms with Gasteiger partial charge in [0.25, 0.3) is 0 Å². The van der Waals surface area contributed by atoms with Crippen LogP contribution in [0.1, 0.15) is 22.0 Å². The molecule has 1 atom stereocenters. The molecule has 2 aromatic carbocycles. The van der Waals surface area contributed by atoms with E-state index in [1.165, 1.54) is 6.07 Å². The van der Waals surface area contributed by atoms with E-state index in [2.05, 4.69) is 0 Å². The lowest BCUT2D eigenvalue weighted by Gasteiger charge is -2.13. The molecule has 1 unspecified atom stereocenters. The summed E-state index contributed by atoms with van der Waals surface area (Å²) in [5.74, 6) is -0.0479. The van der Waals surface area contributed by atoms with Crippen LogP contribution in [0.2, 0.25) is 5.02 Å². The van der Waals surface area contributed by atoms with Gasteiger partial charge in [0.2, 0.25) is 5.91 Å². The summed E-state index contributed by atoms with van der Waals surface area (Å²) < 4.78 is 5.45. The Bertz CT molecular complexity index is 616. The maximum absolute atomic E-state index is 11.1. The van der Waals surface area contributed by atoms with Gasteiger partial charge >= 0.3 is 0 Å². The maximum Gasteiger partial charge on any atom is 0.248 e. The monoisotopic (exact) mass is 291 g/mol. The largest absolute Gasteiger partial charge is 0.491 e. The van der Waals surface area contributed by atoms with Crippen LogP contribution in [0, 0.1) is 0 Å². The van der Waals surface area contributed by atoms with Gasteiger partial charge < -0.3 is 15.6 Å². The Hall–Kier alpha value is -2.04. The summed E-state index contributed by atoms with van der Waals surface area (Å²) >= 11 is 5.86. The van der Waals surface area contributed by atoms with Gasteiger partial charge in [0.15, 0.2) is 0 Å². The summed E-state index contributed by atoms with van der Waals surface area (Å²) in [5, 5.41) is 10.6. The second-order valence-electron chi connectivity index (χ2n) is 4.27. The summed E-state index contributed by atoms with van der Waals surface area (Å²) in [6.07, 6.45) is -0.800. The van der Waals surface area contributed by atoms with Crippen molar-refractivity contribution in [2.45, 2.75) is 6.10 Å². The third-order valence-corrected chi connectivity index (χ3v) is 2.99. The molecule has 0 spiro atoms. The minimum Gasteiger partial charge on any atom is -0.491 e. The number of halogens is 1. The average molecular weight is 292 g/mol. The molecule has 1 amide bonds. The van der Waals surface area contributed by atoms with Gasteiger partial charge in [-0.05, 0) is 35.9 Å². The van der Waals surface area contributed by atoms with Crippen molar-refractivity contribution in [1.82, 2.24) is 0 Å². The zero-order chi connectivity index (χ0) is 14.5. The molecule has 20 heavy (non-hydrogen) atoms. The second-order valence-corrected chi connectivity index (χ2v) is 4.71. The molecule has 0 bridgehead atoms. The smallest absolute Gasteiger partial charge is 0.248 e. The number of aliphatic hydroxyl groups is 1. The fourth-order valence-corrected chi connectivity index (χ4v) is 1.92. The number of nitrogens with two attached hydrogens (primary N) is 1. The minimum absolute atomic E-state index is 0.0581. The third-order valence-electron chi connectivity index (χ3n) is 2.76. The van der Waals surface area contributed by atoms with Crippen molar-refractivity contribution in [3.8, 4) is 5.75 Å². The van der Waals surface area contributed by atoms with E-state index >= 15 is 0 Å². The van der Waals surface area contributed by atoms with Gasteiger partial charge in [0.05, 0.1) is 0 Å². The Morgan fingerprint density at radius 1 is 1.25 bits per heavy atom. The minimum atomic E-state index is -0.800. The number of benzene rings is 2. The van der Waals surface area contributed by atoms with Crippen molar-refractivity contribution < 1.29 is 14.6 Å². The first-order chi connectivity index (χ1) is 9.56. The van der Waals surface area contributed by atoms with Crippen molar-refractivity contribution in [2.24, 2.45) is 5.73 Å². The molecule has 0 aliphatic rings. The van der Waals surface area contributed by atoms with E-state index in [1.807, 2.05) is 0 Å². The molecule has 0 aliphatic carbocycles. The standard InChI is InChI=1S/C15H14ClNO3/c16-12-5-1-3-10(7-12)14(18)9-20-13-6-2-4-11(8-13)15(17)19/h1-8,14,18H,9H2,(H2,17,19). The quantitative estimate of drug-likeness (QED) is 0.889. The summed E-state index contributed by atoms with van der Waals surface area (Å²) in [5.41, 5.74) is 6.22. The third kappa shape index (κ3) is 3.73. The molecule has 0 aliphatic heterocycles. The van der Waals surface area contributed by atoms with Crippen molar-refractivity contribution in [3.63, 3.8) is 0 Å². The van der Waals surface area contributed by atoms with Crippen LogP contribution in [0.4, 0.5) is 0 Å². The van der Waals surface area contributed by atoms with E-state index in [0.717, 1.165) is 0 Å². The zero-order valence-corrected chi connectivity index (χ0v) is 11.4. The van der Waals surface area contributed by atoms with Crippen LogP contribution in [0.5, 0.6) is 5.75 Å². The van der Waals surface area contributed by atoms with Crippen LogP contribution in [-0.4, -0.2) is 17.6 Å². The van der Waals surface area contributed by atoms with Crippen LogP contribution in [-0.2, 0) is 0 Å². The first kappa shape index (κ1) is 14.4. The molecule has 5 heteroatoms. The van der Waals surface area contributed by atoms with Gasteiger partial charge in [0, 0.05) is 10.6 Å². The molecule has 2 aromatic rings. The Kier molecular flexibility index (Phi) is 4.61. The topological polar surface area (TPSA) is 72.6 Å². The number of carbonyl (C=O) groups excluding carboxylic acids is 1. The highest BCUT2D eigenvalue weighted by atomic mass is 35.5. The molecule has 104 valence electrons. The Balaban J connectivity index is 2.01. The van der Waals surface area contributed by atoms with Crippen LogP contribution in [0.25, 0.3) is 0 Å². The van der Waals surface area contributed by atoms with Crippen LogP contribution in [0.3, 0.4) is 0 Å². The number of hydrogen-bond acceptors (Lipinski definition) is 3. The molecule has 0 aromatic heterocycles. The number of aliphatic hydroxyl groups excluding tert-OH is 1. The molecular formula is C15H14ClNO3. The highest BCUT2D eigenvalue weighted by molar-refractivity contribution is 6.30. The van der Waals surface area contributed by atoms with E-state index in [9.17, 15) is 9.90 Å². The van der Waals surface area contributed by atoms with Crippen LogP contribution >= 0.6 is 11.6 Å². The lowest BCUT2D eigenvalue weighted by atomic mass is 10.1. The molecule has 3 N–H and O–H groups in total. The SMILES string of the molecule is NC(=O)c1cccc(OCC(O)c2cccc(Cl)c2)c1. The predicted octanol–water partition coefficient (Wildman–Crippen LogP) is 2.55. The molecule has 2 rings (SSSR count). The normalized spacial score (nSPS) is 11.9. The molecule has 0 saturated carbocycles. The maximum atomic E-state index is 11.1. The molecule has 4 nitrogen and oxygen atoms in total. The Morgan fingerprint density at radius 2 is 2.00 bits per heavy atom. The van der Waals surface area contributed by atoms with Gasteiger partial charge in [-0.15, -0.1) is 0 Å². The zero-order valence-electron chi connectivity index (χ0n) is 10.6. The first-order valence-electron chi connectivity index (χ1n) is 6.02. The summed E-state index contributed by atoms with van der Waals surface area (Å²) in [6.45, 7) is 0.0581. The van der Waals surface area contributed by atoms with Gasteiger partial charge in [-0.2, -0.15) is 0 Å². The fourth-order valence-electron chi connectivity index (χ4n) is 1.72. The van der Waals surface area contributed by atoms with E-state index in [4.69, 9.17) is 22.1 Å². The number of hydrogen-bond donors (Lipinski definition) is 2. The number of amides is 1. The summed E-state index contributed by atoms with van der Waals surface area (Å²) in [4.78, 5) is 11.1. The number of carbonyl (C=O) groups is 1. The number of primary amides is 1. The van der Waals surface area contributed by atoms with Gasteiger partial charge in [0.1, 0.15) is 18.5 Å². The van der Waals surface area contributed by atoms with E-state index in [1.54, 1.807) is 42.5 Å². The first-order valence-corrected chi connectivity index (χ1v) is 6.40. The van der Waals surface area contributed by atoms with Crippen molar-refractivity contribution >= 4 is 17.5 Å². The second kappa shape index (κ2) is 6.41. The van der Waals surface area contributed by atoms with Crippen molar-refractivity contribution in [3.05, 3.63) is 64.7 Å². The lowest BCUT2D eigenvalue weighted by molar-refractivity contribution is 0.0997. The highest BCUT2D eigenvalue weighted by Gasteiger charge is 2.09. The Labute approximate surface area is 121 Å². The molecular weight excluding hydrogens is 278 g/mol. The average Bonchev–Trinajstić information content (AvgIpc) is 2.45. The number of rotatable bonds is 5. The van der Waals surface area contributed by atoms with E-state index in [0.29, 0.717) is 21.9 Å². The summed E-state index contributed by atoms with van der Waals surface area (Å²) in [6, 6.07) is 13.4. The van der Waals surface area contributed by atoms with Crippen molar-refractivity contribution in [2.75, 3.05) is 6.61 Å². The molecule has 0 radical (unpaired) electrons. The summed E-state index contributed by atoms with van der Waals surface area (Å²) in [7, 11) is 0. The van der Waals surface area contributed by atoms with Gasteiger partial charge in [-0.25, -0.2) is 0 Å². The van der Waals surface area contributed by atoms with E-state index in [-0.39, 0.29) is 6.61 Å². The number of ether oxygens (including phenoxy) is 1. The van der Waals surface area contributed by atoms with E-state index < -0.39 is 12.0 Å². The lowest BCUT2D eigenvalue weighted by Crippen LogP contribution is -2.12. The van der Waals surface area contributed by atoms with Crippen LogP contribution < -0.4 is 10.5 Å². The van der Waals surface area contributed by atoms with Gasteiger partial charge in [-0.3, -0.25) is 4.79 Å². The fraction of sp³-hybridized carbons (Fsp3) is 0.133. The predicted molar refractivity (Wildman–Crippen MR) is 76.9 cm³/mol. The highest BCUT2D eigenvalue weighted by Crippen LogP contribution is 2.20. The van der Waals surface area contributed by atoms with Crippen molar-refractivity contribution in [1.29, 1.82) is 0 Å². The van der Waals surface area contributed by atoms with Gasteiger partial charge in [-0.1, -0.05) is 29.8 Å². The van der Waals surface area contributed by atoms with Crippen LogP contribution in [0.15, 0.2) is 48.5 Å². The molecule has 0 fully saturated rings.